The van der Waals surface area contributed by atoms with Crippen LogP contribution in [0.1, 0.15) is 17.5 Å². The molecule has 0 heterocycles. The molecule has 10 heteroatoms. The first-order valence-corrected chi connectivity index (χ1v) is 11.6. The van der Waals surface area contributed by atoms with E-state index in [1.54, 1.807) is 0 Å². The maximum atomic E-state index is 13.7. The molecular weight excluding hydrogens is 438 g/mol. The average Bonchev–Trinajstić information content (AvgIpc) is 2.77. The van der Waals surface area contributed by atoms with Crippen molar-refractivity contribution in [1.29, 1.82) is 0 Å². The zero-order chi connectivity index (χ0) is 23.5. The molecule has 0 radical (unpaired) electrons. The SMILES string of the molecule is NC(CN[S+]([O-])CCCNC(=O)C(O)C(N)Cc1ccccc1)Cc1cc(F)ccc1F. The van der Waals surface area contributed by atoms with E-state index < -0.39 is 47.1 Å². The van der Waals surface area contributed by atoms with Crippen molar-refractivity contribution in [2.45, 2.75) is 37.5 Å². The molecule has 176 valence electrons. The molecule has 0 saturated heterocycles. The van der Waals surface area contributed by atoms with Crippen molar-refractivity contribution in [3.8, 4) is 0 Å². The highest BCUT2D eigenvalue weighted by atomic mass is 32.2. The normalized spacial score (nSPS) is 15.1. The standard InChI is InChI=1S/C22H30F2N4O3S/c23-17-7-8-19(24)16(12-17)13-18(25)14-28-32(31)10-4-9-27-22(30)21(29)20(26)11-15-5-2-1-3-6-15/h1-3,5-8,12,18,20-21,28-29H,4,9-11,13-14,25-26H2,(H,27,30). The first kappa shape index (κ1) is 26.2. The molecule has 0 bridgehead atoms. The Morgan fingerprint density at radius 2 is 1.84 bits per heavy atom. The van der Waals surface area contributed by atoms with Crippen molar-refractivity contribution in [2.75, 3.05) is 18.8 Å². The van der Waals surface area contributed by atoms with Crippen LogP contribution in [0, 0.1) is 11.6 Å². The molecule has 7 nitrogen and oxygen atoms in total. The van der Waals surface area contributed by atoms with Crippen LogP contribution in [0.25, 0.3) is 0 Å². The highest BCUT2D eigenvalue weighted by Gasteiger charge is 2.23. The van der Waals surface area contributed by atoms with Crippen LogP contribution < -0.4 is 21.5 Å². The van der Waals surface area contributed by atoms with Gasteiger partial charge in [-0.25, -0.2) is 8.78 Å². The van der Waals surface area contributed by atoms with E-state index in [2.05, 4.69) is 10.0 Å². The number of aliphatic hydroxyl groups is 1. The van der Waals surface area contributed by atoms with E-state index in [0.29, 0.717) is 12.8 Å². The smallest absolute Gasteiger partial charge is 0.250 e. The lowest BCUT2D eigenvalue weighted by Gasteiger charge is -2.19. The molecule has 32 heavy (non-hydrogen) atoms. The van der Waals surface area contributed by atoms with Gasteiger partial charge in [-0.15, -0.1) is 4.72 Å². The van der Waals surface area contributed by atoms with Gasteiger partial charge >= 0.3 is 0 Å². The van der Waals surface area contributed by atoms with Gasteiger partial charge in [-0.3, -0.25) is 4.79 Å². The largest absolute Gasteiger partial charge is 0.598 e. The second-order valence-electron chi connectivity index (χ2n) is 7.54. The summed E-state index contributed by atoms with van der Waals surface area (Å²) < 4.78 is 41.6. The summed E-state index contributed by atoms with van der Waals surface area (Å²) >= 11 is -1.41. The molecule has 1 amide bonds. The quantitative estimate of drug-likeness (QED) is 0.215. The number of nitrogens with two attached hydrogens (primary N) is 2. The van der Waals surface area contributed by atoms with Gasteiger partial charge in [-0.2, -0.15) is 0 Å². The fourth-order valence-corrected chi connectivity index (χ4v) is 3.99. The van der Waals surface area contributed by atoms with Crippen LogP contribution in [0.3, 0.4) is 0 Å². The van der Waals surface area contributed by atoms with Gasteiger partial charge in [-0.1, -0.05) is 30.3 Å². The third-order valence-electron chi connectivity index (χ3n) is 4.79. The molecule has 0 aliphatic heterocycles. The Morgan fingerprint density at radius 3 is 2.56 bits per heavy atom. The Kier molecular flexibility index (Phi) is 11.0. The van der Waals surface area contributed by atoms with E-state index in [9.17, 15) is 23.2 Å². The monoisotopic (exact) mass is 468 g/mol. The Bertz CT molecular complexity index is 847. The van der Waals surface area contributed by atoms with Crippen molar-refractivity contribution in [1.82, 2.24) is 10.0 Å². The van der Waals surface area contributed by atoms with Crippen LogP contribution in [0.2, 0.25) is 0 Å². The zero-order valence-electron chi connectivity index (χ0n) is 17.7. The van der Waals surface area contributed by atoms with Crippen LogP contribution in [0.4, 0.5) is 8.78 Å². The summed E-state index contributed by atoms with van der Waals surface area (Å²) in [4.78, 5) is 12.1. The molecule has 0 saturated carbocycles. The summed E-state index contributed by atoms with van der Waals surface area (Å²) in [5.41, 5.74) is 12.9. The summed E-state index contributed by atoms with van der Waals surface area (Å²) in [7, 11) is 0. The van der Waals surface area contributed by atoms with Crippen LogP contribution in [-0.2, 0) is 29.0 Å². The van der Waals surface area contributed by atoms with Gasteiger partial charge in [0.05, 0.1) is 6.54 Å². The first-order valence-electron chi connectivity index (χ1n) is 10.3. The molecule has 0 aliphatic rings. The number of rotatable bonds is 13. The van der Waals surface area contributed by atoms with Crippen molar-refractivity contribution < 1.29 is 23.2 Å². The molecule has 4 atom stereocenters. The van der Waals surface area contributed by atoms with Gasteiger partial charge in [0.15, 0.2) is 0 Å². The van der Waals surface area contributed by atoms with Crippen LogP contribution in [0.5, 0.6) is 0 Å². The number of carbonyl (C=O) groups is 1. The summed E-state index contributed by atoms with van der Waals surface area (Å²) in [6, 6.07) is 11.2. The lowest BCUT2D eigenvalue weighted by Crippen LogP contribution is -2.47. The van der Waals surface area contributed by atoms with E-state index in [1.165, 1.54) is 0 Å². The Hall–Kier alpha value is -2.08. The van der Waals surface area contributed by atoms with Crippen LogP contribution >= 0.6 is 0 Å². The number of benzene rings is 2. The summed E-state index contributed by atoms with van der Waals surface area (Å²) in [6.07, 6.45) is -0.478. The zero-order valence-corrected chi connectivity index (χ0v) is 18.5. The van der Waals surface area contributed by atoms with Gasteiger partial charge in [0.1, 0.15) is 23.5 Å². The van der Waals surface area contributed by atoms with Gasteiger partial charge in [0.25, 0.3) is 0 Å². The molecule has 4 unspecified atom stereocenters. The lowest BCUT2D eigenvalue weighted by molar-refractivity contribution is -0.130. The maximum absolute atomic E-state index is 13.7. The number of halogens is 2. The van der Waals surface area contributed by atoms with Crippen LogP contribution in [0.15, 0.2) is 48.5 Å². The predicted octanol–water partition coefficient (Wildman–Crippen LogP) is 0.525. The third kappa shape index (κ3) is 9.19. The molecule has 2 rings (SSSR count). The number of carbonyl (C=O) groups excluding carboxylic acids is 1. The highest BCUT2D eigenvalue weighted by Crippen LogP contribution is 2.11. The molecule has 0 spiro atoms. The molecule has 2 aromatic carbocycles. The highest BCUT2D eigenvalue weighted by molar-refractivity contribution is 7.89. The summed E-state index contributed by atoms with van der Waals surface area (Å²) in [5.74, 6) is -1.41. The van der Waals surface area contributed by atoms with E-state index in [4.69, 9.17) is 11.5 Å². The molecule has 7 N–H and O–H groups in total. The summed E-state index contributed by atoms with van der Waals surface area (Å²) in [5, 5.41) is 12.7. The van der Waals surface area contributed by atoms with Crippen molar-refractivity contribution in [3.63, 3.8) is 0 Å². The summed E-state index contributed by atoms with van der Waals surface area (Å²) in [6.45, 7) is 0.379. The Labute approximate surface area is 189 Å². The van der Waals surface area contributed by atoms with E-state index in [1.807, 2.05) is 30.3 Å². The topological polar surface area (TPSA) is 136 Å². The number of nitrogens with one attached hydrogen (secondary N) is 2. The molecular formula is C22H30F2N4O3S. The van der Waals surface area contributed by atoms with E-state index >= 15 is 0 Å². The van der Waals surface area contributed by atoms with Gasteiger partial charge in [0.2, 0.25) is 5.91 Å². The van der Waals surface area contributed by atoms with Crippen molar-refractivity contribution in [3.05, 3.63) is 71.3 Å². The average molecular weight is 469 g/mol. The second-order valence-corrected chi connectivity index (χ2v) is 8.93. The second kappa shape index (κ2) is 13.5. The molecule has 0 aliphatic carbocycles. The maximum Gasteiger partial charge on any atom is 0.250 e. The van der Waals surface area contributed by atoms with E-state index in [-0.39, 0.29) is 30.8 Å². The van der Waals surface area contributed by atoms with Gasteiger partial charge < -0.3 is 26.4 Å². The fraction of sp³-hybridized carbons (Fsp3) is 0.409. The minimum atomic E-state index is -1.41. The Morgan fingerprint density at radius 1 is 1.12 bits per heavy atom. The fourth-order valence-electron chi connectivity index (χ4n) is 3.04. The Balaban J connectivity index is 1.61. The van der Waals surface area contributed by atoms with Gasteiger partial charge in [0, 0.05) is 36.4 Å². The van der Waals surface area contributed by atoms with Crippen molar-refractivity contribution >= 4 is 17.3 Å². The van der Waals surface area contributed by atoms with Gasteiger partial charge in [-0.05, 0) is 42.2 Å². The predicted molar refractivity (Wildman–Crippen MR) is 121 cm³/mol. The first-order chi connectivity index (χ1) is 15.3. The molecule has 0 aromatic heterocycles. The molecule has 0 fully saturated rings. The van der Waals surface area contributed by atoms with Crippen LogP contribution in [-0.4, -0.2) is 52.6 Å². The number of amides is 1. The number of aliphatic hydroxyl groups excluding tert-OH is 1. The third-order valence-corrected chi connectivity index (χ3v) is 5.94. The minimum Gasteiger partial charge on any atom is -0.598 e. The lowest BCUT2D eigenvalue weighted by atomic mass is 10.0. The van der Waals surface area contributed by atoms with E-state index in [0.717, 1.165) is 23.8 Å². The minimum absolute atomic E-state index is 0.102. The number of hydrogen-bond acceptors (Lipinski definition) is 6. The van der Waals surface area contributed by atoms with Crippen molar-refractivity contribution in [2.24, 2.45) is 11.5 Å². The number of hydrogen-bond donors (Lipinski definition) is 5. The molecule has 2 aromatic rings.